The van der Waals surface area contributed by atoms with Gasteiger partial charge in [-0.15, -0.1) is 0 Å². The fourth-order valence-corrected chi connectivity index (χ4v) is 5.99. The van der Waals surface area contributed by atoms with Gasteiger partial charge in [-0.3, -0.25) is 0 Å². The van der Waals surface area contributed by atoms with Crippen molar-refractivity contribution in [2.45, 2.75) is 14.7 Å². The second kappa shape index (κ2) is 7.10. The molecule has 0 fully saturated rings. The Hall–Kier alpha value is -3.17. The van der Waals surface area contributed by atoms with E-state index in [4.69, 9.17) is 4.74 Å². The van der Waals surface area contributed by atoms with Crippen molar-refractivity contribution in [3.8, 4) is 11.5 Å². The van der Waals surface area contributed by atoms with E-state index in [1.54, 1.807) is 0 Å². The highest BCUT2D eigenvalue weighted by molar-refractivity contribution is 7.97. The number of hydrogen-bond donors (Lipinski definition) is 0. The minimum atomic E-state index is -0.131. The lowest BCUT2D eigenvalue weighted by molar-refractivity contribution is 0.482. The quantitative estimate of drug-likeness (QED) is 0.368. The second-order valence-corrected chi connectivity index (χ2v) is 8.65. The lowest BCUT2D eigenvalue weighted by atomic mass is 10.2. The third-order valence-corrected chi connectivity index (χ3v) is 7.25. The van der Waals surface area contributed by atoms with Crippen molar-refractivity contribution in [2.75, 3.05) is 11.9 Å². The van der Waals surface area contributed by atoms with Crippen LogP contribution in [0.5, 0.6) is 11.5 Å². The van der Waals surface area contributed by atoms with Gasteiger partial charge in [-0.05, 0) is 60.7 Å². The molecule has 136 valence electrons. The highest BCUT2D eigenvalue weighted by Crippen LogP contribution is 2.47. The van der Waals surface area contributed by atoms with Crippen LogP contribution in [0, 0.1) is 0 Å². The van der Waals surface area contributed by atoms with Crippen LogP contribution >= 0.6 is 0 Å². The predicted octanol–water partition coefficient (Wildman–Crippen LogP) is 6.66. The Labute approximate surface area is 168 Å². The van der Waals surface area contributed by atoms with Crippen LogP contribution in [0.4, 0.5) is 11.4 Å². The SMILES string of the molecule is CN1c2ccccc2[S+](c2ccc(Oc3ccccc3)cc2)c2ccccc21. The van der Waals surface area contributed by atoms with Gasteiger partial charge in [0.25, 0.3) is 0 Å². The molecule has 4 aromatic rings. The Bertz CT molecular complexity index is 1060. The van der Waals surface area contributed by atoms with Crippen molar-refractivity contribution in [1.82, 2.24) is 0 Å². The summed E-state index contributed by atoms with van der Waals surface area (Å²) in [6.45, 7) is 0. The molecule has 0 aromatic heterocycles. The topological polar surface area (TPSA) is 12.5 Å². The summed E-state index contributed by atoms with van der Waals surface area (Å²) in [5.41, 5.74) is 2.54. The summed E-state index contributed by atoms with van der Waals surface area (Å²) < 4.78 is 5.97. The van der Waals surface area contributed by atoms with Gasteiger partial charge in [0, 0.05) is 7.05 Å². The van der Waals surface area contributed by atoms with Gasteiger partial charge in [0.15, 0.2) is 14.7 Å². The first-order valence-corrected chi connectivity index (χ1v) is 10.5. The van der Waals surface area contributed by atoms with Crippen molar-refractivity contribution >= 4 is 22.3 Å². The van der Waals surface area contributed by atoms with Crippen LogP contribution < -0.4 is 9.64 Å². The molecule has 3 heteroatoms. The number of hydrogen-bond acceptors (Lipinski definition) is 2. The van der Waals surface area contributed by atoms with Gasteiger partial charge in [-0.25, -0.2) is 0 Å². The first-order valence-electron chi connectivity index (χ1n) is 9.30. The number of ether oxygens (including phenoxy) is 1. The van der Waals surface area contributed by atoms with Crippen LogP contribution in [0.3, 0.4) is 0 Å². The molecule has 0 radical (unpaired) electrons. The summed E-state index contributed by atoms with van der Waals surface area (Å²) in [5.74, 6) is 1.71. The fraction of sp³-hybridized carbons (Fsp3) is 0.0400. The first kappa shape index (κ1) is 17.0. The number of rotatable bonds is 3. The van der Waals surface area contributed by atoms with E-state index in [0.29, 0.717) is 0 Å². The average molecular weight is 383 g/mol. The molecule has 0 unspecified atom stereocenters. The summed E-state index contributed by atoms with van der Waals surface area (Å²) in [7, 11) is 2.02. The summed E-state index contributed by atoms with van der Waals surface area (Å²) in [4.78, 5) is 6.32. The normalized spacial score (nSPS) is 13.0. The van der Waals surface area contributed by atoms with Gasteiger partial charge >= 0.3 is 0 Å². The van der Waals surface area contributed by atoms with Gasteiger partial charge in [0.2, 0.25) is 0 Å². The van der Waals surface area contributed by atoms with E-state index >= 15 is 0 Å². The summed E-state index contributed by atoms with van der Waals surface area (Å²) in [5, 5.41) is 0. The van der Waals surface area contributed by atoms with E-state index < -0.39 is 0 Å². The summed E-state index contributed by atoms with van der Waals surface area (Å²) in [6.07, 6.45) is 0. The lowest BCUT2D eigenvalue weighted by Crippen LogP contribution is -2.22. The van der Waals surface area contributed by atoms with Gasteiger partial charge in [-0.1, -0.05) is 42.5 Å². The van der Waals surface area contributed by atoms with Crippen molar-refractivity contribution in [3.05, 3.63) is 103 Å². The maximum Gasteiger partial charge on any atom is 0.190 e. The molecule has 0 N–H and O–H groups in total. The van der Waals surface area contributed by atoms with Crippen molar-refractivity contribution in [3.63, 3.8) is 0 Å². The van der Waals surface area contributed by atoms with Crippen molar-refractivity contribution in [1.29, 1.82) is 0 Å². The molecule has 0 saturated carbocycles. The Morgan fingerprint density at radius 2 is 1.07 bits per heavy atom. The molecule has 1 aliphatic heterocycles. The smallest absolute Gasteiger partial charge is 0.190 e. The number of fused-ring (bicyclic) bond motifs is 2. The molecular formula is C25H20NOS+. The second-order valence-electron chi connectivity index (χ2n) is 6.69. The van der Waals surface area contributed by atoms with E-state index in [0.717, 1.165) is 11.5 Å². The highest BCUT2D eigenvalue weighted by Gasteiger charge is 2.39. The van der Waals surface area contributed by atoms with Gasteiger partial charge in [0.05, 0.1) is 11.4 Å². The highest BCUT2D eigenvalue weighted by atomic mass is 32.2. The van der Waals surface area contributed by atoms with Gasteiger partial charge in [0.1, 0.15) is 22.4 Å². The van der Waals surface area contributed by atoms with Crippen molar-refractivity contribution in [2.24, 2.45) is 0 Å². The predicted molar refractivity (Wildman–Crippen MR) is 116 cm³/mol. The third-order valence-electron chi connectivity index (χ3n) is 4.93. The van der Waals surface area contributed by atoms with Crippen LogP contribution in [-0.4, -0.2) is 7.05 Å². The van der Waals surface area contributed by atoms with E-state index in [-0.39, 0.29) is 10.9 Å². The molecule has 28 heavy (non-hydrogen) atoms. The Morgan fingerprint density at radius 1 is 0.571 bits per heavy atom. The number of benzene rings is 4. The summed E-state index contributed by atoms with van der Waals surface area (Å²) in [6, 6.07) is 35.8. The number of para-hydroxylation sites is 3. The minimum absolute atomic E-state index is 0.131. The maximum atomic E-state index is 5.97. The van der Waals surface area contributed by atoms with Crippen molar-refractivity contribution < 1.29 is 4.74 Å². The molecule has 5 rings (SSSR count). The first-order chi connectivity index (χ1) is 13.8. The molecule has 0 bridgehead atoms. The van der Waals surface area contributed by atoms with Crippen LogP contribution in [0.15, 0.2) is 118 Å². The molecular weight excluding hydrogens is 362 g/mol. The molecule has 2 nitrogen and oxygen atoms in total. The third kappa shape index (κ3) is 2.94. The molecule has 1 aliphatic rings. The molecule has 1 heterocycles. The molecule has 0 saturated heterocycles. The Balaban J connectivity index is 1.55. The van der Waals surface area contributed by atoms with Gasteiger partial charge in [-0.2, -0.15) is 0 Å². The van der Waals surface area contributed by atoms with Gasteiger partial charge < -0.3 is 9.64 Å². The van der Waals surface area contributed by atoms with E-state index in [9.17, 15) is 0 Å². The monoisotopic (exact) mass is 382 g/mol. The Morgan fingerprint density at radius 3 is 1.68 bits per heavy atom. The molecule has 0 amide bonds. The fourth-order valence-electron chi connectivity index (χ4n) is 3.58. The van der Waals surface area contributed by atoms with Crippen LogP contribution in [-0.2, 0) is 10.9 Å². The van der Waals surface area contributed by atoms with E-state index in [2.05, 4.69) is 84.7 Å². The summed E-state index contributed by atoms with van der Waals surface area (Å²) >= 11 is 0. The number of anilines is 2. The molecule has 0 aliphatic carbocycles. The molecule has 0 spiro atoms. The van der Waals surface area contributed by atoms with E-state index in [1.165, 1.54) is 26.1 Å². The standard InChI is InChI=1S/C25H20NOS/c1-26-22-11-5-7-13-24(22)28(25-14-8-6-12-23(25)26)21-17-15-20(16-18-21)27-19-9-3-2-4-10-19/h2-18H,1H3/q+1. The maximum absolute atomic E-state index is 5.97. The Kier molecular flexibility index (Phi) is 4.30. The number of nitrogens with zero attached hydrogens (tertiary/aromatic N) is 1. The lowest BCUT2D eigenvalue weighted by Gasteiger charge is -2.28. The zero-order valence-electron chi connectivity index (χ0n) is 15.6. The molecule has 0 atom stereocenters. The minimum Gasteiger partial charge on any atom is -0.457 e. The van der Waals surface area contributed by atoms with Crippen LogP contribution in [0.25, 0.3) is 0 Å². The largest absolute Gasteiger partial charge is 0.457 e. The zero-order valence-corrected chi connectivity index (χ0v) is 16.4. The molecule has 4 aromatic carbocycles. The average Bonchev–Trinajstić information content (AvgIpc) is 2.76. The van der Waals surface area contributed by atoms with Crippen LogP contribution in [0.1, 0.15) is 0 Å². The van der Waals surface area contributed by atoms with Crippen LogP contribution in [0.2, 0.25) is 0 Å². The zero-order chi connectivity index (χ0) is 18.9. The van der Waals surface area contributed by atoms with E-state index in [1.807, 2.05) is 30.3 Å².